The molecule has 1 aromatic heterocycles. The standard InChI is InChI=1S/C20H21F2N3O2/c21-16-5-3-6-17(22)18(16)25-20(27)14-9-7-13(8-10-14)19(26)24-12-15-4-1-2-11-23-15/h1-6,11,13-14H,7-10,12H2,(H,24,26)(H,25,27). The number of hydrogen-bond donors (Lipinski definition) is 2. The fourth-order valence-electron chi connectivity index (χ4n) is 3.28. The minimum absolute atomic E-state index is 0.0559. The molecule has 2 N–H and O–H groups in total. The van der Waals surface area contributed by atoms with E-state index in [2.05, 4.69) is 15.6 Å². The zero-order valence-electron chi connectivity index (χ0n) is 14.8. The van der Waals surface area contributed by atoms with E-state index in [4.69, 9.17) is 0 Å². The molecule has 1 saturated carbocycles. The van der Waals surface area contributed by atoms with Gasteiger partial charge >= 0.3 is 0 Å². The Hall–Kier alpha value is -2.83. The van der Waals surface area contributed by atoms with Crippen LogP contribution in [0.2, 0.25) is 0 Å². The van der Waals surface area contributed by atoms with E-state index in [1.54, 1.807) is 6.20 Å². The van der Waals surface area contributed by atoms with Crippen molar-refractivity contribution in [3.05, 3.63) is 59.9 Å². The molecule has 0 aliphatic heterocycles. The van der Waals surface area contributed by atoms with Crippen LogP contribution in [0.5, 0.6) is 0 Å². The smallest absolute Gasteiger partial charge is 0.227 e. The maximum absolute atomic E-state index is 13.7. The van der Waals surface area contributed by atoms with Gasteiger partial charge in [0, 0.05) is 18.0 Å². The van der Waals surface area contributed by atoms with Crippen molar-refractivity contribution in [3.8, 4) is 0 Å². The van der Waals surface area contributed by atoms with Gasteiger partial charge in [0.25, 0.3) is 0 Å². The molecule has 3 rings (SSSR count). The van der Waals surface area contributed by atoms with Gasteiger partial charge in [0.05, 0.1) is 12.2 Å². The number of pyridine rings is 1. The molecule has 5 nitrogen and oxygen atoms in total. The van der Waals surface area contributed by atoms with Crippen molar-refractivity contribution in [2.75, 3.05) is 5.32 Å². The Balaban J connectivity index is 1.48. The van der Waals surface area contributed by atoms with Crippen molar-refractivity contribution in [3.63, 3.8) is 0 Å². The van der Waals surface area contributed by atoms with E-state index >= 15 is 0 Å². The first-order valence-corrected chi connectivity index (χ1v) is 8.97. The van der Waals surface area contributed by atoms with Crippen LogP contribution in [0.25, 0.3) is 0 Å². The minimum atomic E-state index is -0.800. The van der Waals surface area contributed by atoms with Crippen molar-refractivity contribution in [2.24, 2.45) is 11.8 Å². The van der Waals surface area contributed by atoms with Gasteiger partial charge in [-0.1, -0.05) is 12.1 Å². The first kappa shape index (κ1) is 18.9. The van der Waals surface area contributed by atoms with Crippen molar-refractivity contribution in [1.82, 2.24) is 10.3 Å². The number of carbonyl (C=O) groups excluding carboxylic acids is 2. The number of amides is 2. The van der Waals surface area contributed by atoms with Crippen LogP contribution in [0.4, 0.5) is 14.5 Å². The summed E-state index contributed by atoms with van der Waals surface area (Å²) in [6, 6.07) is 8.95. The number of halogens is 2. The normalized spacial score (nSPS) is 19.3. The number of nitrogens with zero attached hydrogens (tertiary/aromatic N) is 1. The maximum atomic E-state index is 13.7. The van der Waals surface area contributed by atoms with Crippen LogP contribution in [0.3, 0.4) is 0 Å². The average Bonchev–Trinajstić information content (AvgIpc) is 2.70. The van der Waals surface area contributed by atoms with Crippen LogP contribution in [0, 0.1) is 23.5 Å². The number of aromatic nitrogens is 1. The molecule has 0 atom stereocenters. The molecule has 1 aromatic carbocycles. The van der Waals surface area contributed by atoms with E-state index in [-0.39, 0.29) is 17.7 Å². The lowest BCUT2D eigenvalue weighted by atomic mass is 9.81. The number of para-hydroxylation sites is 1. The molecule has 0 radical (unpaired) electrons. The molecule has 27 heavy (non-hydrogen) atoms. The Kier molecular flexibility index (Phi) is 6.11. The third-order valence-corrected chi connectivity index (χ3v) is 4.85. The van der Waals surface area contributed by atoms with Crippen molar-refractivity contribution in [1.29, 1.82) is 0 Å². The third kappa shape index (κ3) is 4.87. The molecule has 0 spiro atoms. The Bertz CT molecular complexity index is 786. The van der Waals surface area contributed by atoms with Gasteiger partial charge in [-0.3, -0.25) is 14.6 Å². The molecule has 142 valence electrons. The summed E-state index contributed by atoms with van der Waals surface area (Å²) in [5, 5.41) is 5.21. The summed E-state index contributed by atoms with van der Waals surface area (Å²) in [5.74, 6) is -2.59. The maximum Gasteiger partial charge on any atom is 0.227 e. The third-order valence-electron chi connectivity index (χ3n) is 4.85. The zero-order chi connectivity index (χ0) is 19.2. The van der Waals surface area contributed by atoms with Gasteiger partial charge in [-0.15, -0.1) is 0 Å². The number of anilines is 1. The van der Waals surface area contributed by atoms with E-state index < -0.39 is 23.2 Å². The summed E-state index contributed by atoms with van der Waals surface area (Å²) in [6.07, 6.45) is 3.80. The highest BCUT2D eigenvalue weighted by Crippen LogP contribution is 2.30. The largest absolute Gasteiger partial charge is 0.350 e. The lowest BCUT2D eigenvalue weighted by molar-refractivity contribution is -0.128. The lowest BCUT2D eigenvalue weighted by Gasteiger charge is -2.27. The van der Waals surface area contributed by atoms with Crippen molar-refractivity contribution >= 4 is 17.5 Å². The fourth-order valence-corrected chi connectivity index (χ4v) is 3.28. The molecule has 2 aromatic rings. The first-order valence-electron chi connectivity index (χ1n) is 8.97. The first-order chi connectivity index (χ1) is 13.0. The molecule has 1 heterocycles. The lowest BCUT2D eigenvalue weighted by Crippen LogP contribution is -2.35. The van der Waals surface area contributed by atoms with Crippen LogP contribution >= 0.6 is 0 Å². The monoisotopic (exact) mass is 373 g/mol. The second kappa shape index (κ2) is 8.70. The second-order valence-electron chi connectivity index (χ2n) is 6.67. The van der Waals surface area contributed by atoms with Crippen LogP contribution in [0.15, 0.2) is 42.6 Å². The quantitative estimate of drug-likeness (QED) is 0.844. The molecule has 0 saturated heterocycles. The summed E-state index contributed by atoms with van der Waals surface area (Å²) in [6.45, 7) is 0.368. The van der Waals surface area contributed by atoms with E-state index in [1.165, 1.54) is 6.07 Å². The molecular formula is C20H21F2N3O2. The molecule has 0 bridgehead atoms. The molecule has 0 unspecified atom stereocenters. The van der Waals surface area contributed by atoms with Gasteiger partial charge in [0.1, 0.15) is 17.3 Å². The molecule has 1 fully saturated rings. The van der Waals surface area contributed by atoms with Crippen LogP contribution in [0.1, 0.15) is 31.4 Å². The van der Waals surface area contributed by atoms with Gasteiger partial charge in [0.2, 0.25) is 11.8 Å². The summed E-state index contributed by atoms with van der Waals surface area (Å²) < 4.78 is 27.3. The number of hydrogen-bond acceptors (Lipinski definition) is 3. The molecule has 1 aliphatic rings. The fraction of sp³-hybridized carbons (Fsp3) is 0.350. The highest BCUT2D eigenvalue weighted by Gasteiger charge is 2.30. The topological polar surface area (TPSA) is 71.1 Å². The summed E-state index contributed by atoms with van der Waals surface area (Å²) >= 11 is 0. The number of benzene rings is 1. The number of rotatable bonds is 5. The van der Waals surface area contributed by atoms with E-state index in [0.717, 1.165) is 17.8 Å². The van der Waals surface area contributed by atoms with Gasteiger partial charge in [-0.2, -0.15) is 0 Å². The Morgan fingerprint density at radius 1 is 0.926 bits per heavy atom. The summed E-state index contributed by atoms with van der Waals surface area (Å²) in [4.78, 5) is 28.8. The van der Waals surface area contributed by atoms with E-state index in [0.29, 0.717) is 32.2 Å². The van der Waals surface area contributed by atoms with E-state index in [1.807, 2.05) is 18.2 Å². The zero-order valence-corrected chi connectivity index (χ0v) is 14.8. The van der Waals surface area contributed by atoms with Gasteiger partial charge < -0.3 is 10.6 Å². The Labute approximate surface area is 156 Å². The van der Waals surface area contributed by atoms with Gasteiger partial charge in [0.15, 0.2) is 0 Å². The summed E-state index contributed by atoms with van der Waals surface area (Å²) in [5.41, 5.74) is 0.364. The number of nitrogens with one attached hydrogen (secondary N) is 2. The second-order valence-corrected chi connectivity index (χ2v) is 6.67. The van der Waals surface area contributed by atoms with Crippen molar-refractivity contribution in [2.45, 2.75) is 32.2 Å². The predicted octanol–water partition coefficient (Wildman–Crippen LogP) is 3.42. The van der Waals surface area contributed by atoms with Crippen LogP contribution < -0.4 is 10.6 Å². The molecular weight excluding hydrogens is 352 g/mol. The predicted molar refractivity (Wildman–Crippen MR) is 96.5 cm³/mol. The van der Waals surface area contributed by atoms with Gasteiger partial charge in [-0.25, -0.2) is 8.78 Å². The summed E-state index contributed by atoms with van der Waals surface area (Å²) in [7, 11) is 0. The highest BCUT2D eigenvalue weighted by atomic mass is 19.1. The minimum Gasteiger partial charge on any atom is -0.350 e. The average molecular weight is 373 g/mol. The molecule has 2 amide bonds. The number of carbonyl (C=O) groups is 2. The highest BCUT2D eigenvalue weighted by molar-refractivity contribution is 5.93. The SMILES string of the molecule is O=C(NCc1ccccn1)C1CCC(C(=O)Nc2c(F)cccc2F)CC1. The van der Waals surface area contributed by atoms with E-state index in [9.17, 15) is 18.4 Å². The van der Waals surface area contributed by atoms with Crippen LogP contribution in [-0.2, 0) is 16.1 Å². The molecule has 1 aliphatic carbocycles. The van der Waals surface area contributed by atoms with Crippen LogP contribution in [-0.4, -0.2) is 16.8 Å². The Morgan fingerprint density at radius 3 is 2.15 bits per heavy atom. The molecule has 7 heteroatoms. The Morgan fingerprint density at radius 2 is 1.56 bits per heavy atom. The van der Waals surface area contributed by atoms with Gasteiger partial charge in [-0.05, 0) is 49.9 Å². The van der Waals surface area contributed by atoms with Crippen molar-refractivity contribution < 1.29 is 18.4 Å².